The van der Waals surface area contributed by atoms with Gasteiger partial charge in [0.15, 0.2) is 5.96 Å². The number of hydrogen-bond acceptors (Lipinski definition) is 3. The van der Waals surface area contributed by atoms with Gasteiger partial charge >= 0.3 is 0 Å². The fourth-order valence-electron chi connectivity index (χ4n) is 1.99. The van der Waals surface area contributed by atoms with E-state index in [9.17, 15) is 0 Å². The van der Waals surface area contributed by atoms with Gasteiger partial charge in [-0.3, -0.25) is 4.99 Å². The number of aliphatic imine (C=N–C) groups is 1. The van der Waals surface area contributed by atoms with Crippen LogP contribution >= 0.6 is 35.3 Å². The number of hydrogen-bond donors (Lipinski definition) is 2. The summed E-state index contributed by atoms with van der Waals surface area (Å²) >= 11 is 1.73. The molecule has 23 heavy (non-hydrogen) atoms. The lowest BCUT2D eigenvalue weighted by molar-refractivity contribution is 0.501. The highest BCUT2D eigenvalue weighted by molar-refractivity contribution is 14.0. The summed E-state index contributed by atoms with van der Waals surface area (Å²) in [5, 5.41) is 7.78. The maximum absolute atomic E-state index is 4.68. The second kappa shape index (κ2) is 8.63. The van der Waals surface area contributed by atoms with Crippen LogP contribution in [0.4, 0.5) is 0 Å². The van der Waals surface area contributed by atoms with Crippen molar-refractivity contribution in [2.45, 2.75) is 39.8 Å². The van der Waals surface area contributed by atoms with Gasteiger partial charge in [0.2, 0.25) is 0 Å². The molecular weight excluding hydrogens is 419 g/mol. The molecule has 2 N–H and O–H groups in total. The fraction of sp³-hybridized carbons (Fsp3) is 0.412. The van der Waals surface area contributed by atoms with Crippen molar-refractivity contribution in [1.29, 1.82) is 0 Å². The third-order valence-corrected chi connectivity index (χ3v) is 4.25. The topological polar surface area (TPSA) is 49.3 Å². The van der Waals surface area contributed by atoms with E-state index in [1.54, 1.807) is 18.4 Å². The van der Waals surface area contributed by atoms with Crippen molar-refractivity contribution in [2.24, 2.45) is 4.99 Å². The average molecular weight is 444 g/mol. The molecule has 0 radical (unpaired) electrons. The predicted octanol–water partition coefficient (Wildman–Crippen LogP) is 4.20. The molecule has 0 bridgehead atoms. The standard InChI is InChI=1S/C17H24N4S.HI/c1-12-14(11-19-16(18-5)21-17(2,3)4)22-15(20-12)13-9-7-6-8-10-13;/h6-10H,11H2,1-5H3,(H2,18,19,21);1H. The van der Waals surface area contributed by atoms with Gasteiger partial charge in [0, 0.05) is 23.0 Å². The zero-order chi connectivity index (χ0) is 16.2. The SMILES string of the molecule is CN=C(NCc1sc(-c2ccccc2)nc1C)NC(C)(C)C.I. The minimum atomic E-state index is -0.0141. The zero-order valence-corrected chi connectivity index (χ0v) is 17.5. The first-order valence-corrected chi connectivity index (χ1v) is 8.21. The molecule has 2 rings (SSSR count). The summed E-state index contributed by atoms with van der Waals surface area (Å²) in [5.41, 5.74) is 2.22. The Morgan fingerprint density at radius 3 is 2.43 bits per heavy atom. The molecule has 1 aromatic heterocycles. The Morgan fingerprint density at radius 2 is 1.87 bits per heavy atom. The third-order valence-electron chi connectivity index (χ3n) is 3.05. The molecule has 0 unspecified atom stereocenters. The first kappa shape index (κ1) is 19.9. The van der Waals surface area contributed by atoms with Crippen LogP contribution in [0.1, 0.15) is 31.3 Å². The number of guanidine groups is 1. The Kier molecular flexibility index (Phi) is 7.47. The number of benzene rings is 1. The van der Waals surface area contributed by atoms with Crippen LogP contribution in [0.5, 0.6) is 0 Å². The van der Waals surface area contributed by atoms with Gasteiger partial charge in [-0.25, -0.2) is 4.98 Å². The van der Waals surface area contributed by atoms with Crippen LogP contribution in [-0.2, 0) is 6.54 Å². The number of nitrogens with zero attached hydrogens (tertiary/aromatic N) is 2. The highest BCUT2D eigenvalue weighted by Crippen LogP contribution is 2.27. The van der Waals surface area contributed by atoms with E-state index in [0.29, 0.717) is 0 Å². The van der Waals surface area contributed by atoms with Crippen LogP contribution in [0.2, 0.25) is 0 Å². The second-order valence-corrected chi connectivity index (χ2v) is 7.28. The molecule has 0 aliphatic heterocycles. The largest absolute Gasteiger partial charge is 0.352 e. The van der Waals surface area contributed by atoms with Crippen molar-refractivity contribution in [3.8, 4) is 10.6 Å². The van der Waals surface area contributed by atoms with E-state index in [-0.39, 0.29) is 29.5 Å². The van der Waals surface area contributed by atoms with Crippen molar-refractivity contribution in [2.75, 3.05) is 7.05 Å². The van der Waals surface area contributed by atoms with E-state index < -0.39 is 0 Å². The summed E-state index contributed by atoms with van der Waals surface area (Å²) in [6.45, 7) is 9.13. The minimum Gasteiger partial charge on any atom is -0.352 e. The quantitative estimate of drug-likeness (QED) is 0.424. The van der Waals surface area contributed by atoms with Gasteiger partial charge in [-0.05, 0) is 27.7 Å². The Morgan fingerprint density at radius 1 is 1.22 bits per heavy atom. The number of thiazole rings is 1. The van der Waals surface area contributed by atoms with Crippen LogP contribution in [0.3, 0.4) is 0 Å². The Labute approximate surface area is 159 Å². The smallest absolute Gasteiger partial charge is 0.191 e. The maximum atomic E-state index is 4.68. The van der Waals surface area contributed by atoms with Crippen LogP contribution < -0.4 is 10.6 Å². The number of rotatable bonds is 3. The molecule has 126 valence electrons. The Hall–Kier alpha value is -1.15. The van der Waals surface area contributed by atoms with Gasteiger partial charge < -0.3 is 10.6 Å². The molecule has 6 heteroatoms. The molecule has 1 heterocycles. The van der Waals surface area contributed by atoms with E-state index in [2.05, 4.69) is 60.4 Å². The Bertz CT molecular complexity index is 644. The van der Waals surface area contributed by atoms with E-state index >= 15 is 0 Å². The van der Waals surface area contributed by atoms with E-state index in [0.717, 1.165) is 23.2 Å². The molecule has 2 aromatic rings. The third kappa shape index (κ3) is 6.10. The van der Waals surface area contributed by atoms with E-state index in [1.807, 2.05) is 18.2 Å². The lowest BCUT2D eigenvalue weighted by Crippen LogP contribution is -2.47. The molecule has 0 aliphatic carbocycles. The van der Waals surface area contributed by atoms with Crippen molar-refractivity contribution in [3.05, 3.63) is 40.9 Å². The molecule has 0 saturated carbocycles. The van der Waals surface area contributed by atoms with Crippen LogP contribution in [-0.4, -0.2) is 23.5 Å². The van der Waals surface area contributed by atoms with Crippen LogP contribution in [0.15, 0.2) is 35.3 Å². The normalized spacial score (nSPS) is 11.8. The molecule has 4 nitrogen and oxygen atoms in total. The summed E-state index contributed by atoms with van der Waals surface area (Å²) in [7, 11) is 1.79. The van der Waals surface area contributed by atoms with Crippen LogP contribution in [0, 0.1) is 6.92 Å². The highest BCUT2D eigenvalue weighted by Gasteiger charge is 2.13. The van der Waals surface area contributed by atoms with Crippen molar-refractivity contribution in [1.82, 2.24) is 15.6 Å². The molecule has 0 amide bonds. The number of aromatic nitrogens is 1. The summed E-state index contributed by atoms with van der Waals surface area (Å²) < 4.78 is 0. The van der Waals surface area contributed by atoms with Gasteiger partial charge in [-0.15, -0.1) is 35.3 Å². The first-order chi connectivity index (χ1) is 10.4. The number of aryl methyl sites for hydroxylation is 1. The maximum Gasteiger partial charge on any atom is 0.191 e. The molecule has 0 saturated heterocycles. The summed E-state index contributed by atoms with van der Waals surface area (Å²) in [6, 6.07) is 10.3. The van der Waals surface area contributed by atoms with Gasteiger partial charge in [-0.1, -0.05) is 30.3 Å². The van der Waals surface area contributed by atoms with Gasteiger partial charge in [0.25, 0.3) is 0 Å². The summed E-state index contributed by atoms with van der Waals surface area (Å²) in [5.74, 6) is 0.807. The molecular formula is C17H25IN4S. The van der Waals surface area contributed by atoms with Crippen molar-refractivity contribution in [3.63, 3.8) is 0 Å². The fourth-order valence-corrected chi connectivity index (χ4v) is 3.00. The average Bonchev–Trinajstić information content (AvgIpc) is 2.84. The van der Waals surface area contributed by atoms with Gasteiger partial charge in [0.1, 0.15) is 5.01 Å². The molecule has 0 spiro atoms. The lowest BCUT2D eigenvalue weighted by Gasteiger charge is -2.23. The van der Waals surface area contributed by atoms with E-state index in [1.165, 1.54) is 10.4 Å². The lowest BCUT2D eigenvalue weighted by atomic mass is 10.1. The zero-order valence-electron chi connectivity index (χ0n) is 14.3. The number of nitrogens with one attached hydrogen (secondary N) is 2. The van der Waals surface area contributed by atoms with E-state index in [4.69, 9.17) is 0 Å². The second-order valence-electron chi connectivity index (χ2n) is 6.19. The first-order valence-electron chi connectivity index (χ1n) is 7.39. The van der Waals surface area contributed by atoms with Crippen LogP contribution in [0.25, 0.3) is 10.6 Å². The summed E-state index contributed by atoms with van der Waals surface area (Å²) in [6.07, 6.45) is 0. The number of halogens is 1. The molecule has 1 aromatic carbocycles. The van der Waals surface area contributed by atoms with Gasteiger partial charge in [-0.2, -0.15) is 0 Å². The Balaban J connectivity index is 0.00000264. The molecule has 0 atom stereocenters. The van der Waals surface area contributed by atoms with Crippen molar-refractivity contribution < 1.29 is 0 Å². The van der Waals surface area contributed by atoms with Crippen molar-refractivity contribution >= 4 is 41.3 Å². The highest BCUT2D eigenvalue weighted by atomic mass is 127. The predicted molar refractivity (Wildman–Crippen MR) is 111 cm³/mol. The minimum absolute atomic E-state index is 0. The molecule has 0 aliphatic rings. The van der Waals surface area contributed by atoms with Gasteiger partial charge in [0.05, 0.1) is 12.2 Å². The molecule has 0 fully saturated rings. The monoisotopic (exact) mass is 444 g/mol. The summed E-state index contributed by atoms with van der Waals surface area (Å²) in [4.78, 5) is 10.2.